The first-order valence-electron chi connectivity index (χ1n) is 5.59. The van der Waals surface area contributed by atoms with Crippen molar-refractivity contribution < 1.29 is 22.7 Å². The fourth-order valence-electron chi connectivity index (χ4n) is 1.56. The molecule has 0 spiro atoms. The van der Waals surface area contributed by atoms with Crippen molar-refractivity contribution in [3.05, 3.63) is 29.6 Å². The molecule has 1 rings (SSSR count). The van der Waals surface area contributed by atoms with Crippen molar-refractivity contribution in [2.45, 2.75) is 11.8 Å². The molecule has 1 atom stereocenters. The zero-order valence-electron chi connectivity index (χ0n) is 10.9. The van der Waals surface area contributed by atoms with Gasteiger partial charge in [0.25, 0.3) is 0 Å². The summed E-state index contributed by atoms with van der Waals surface area (Å²) in [7, 11) is -2.94. The van der Waals surface area contributed by atoms with E-state index in [2.05, 4.69) is 0 Å². The summed E-state index contributed by atoms with van der Waals surface area (Å²) in [5, 5.41) is 17.6. The number of sulfonamides is 1. The third kappa shape index (κ3) is 3.12. The Morgan fingerprint density at radius 3 is 2.65 bits per heavy atom. The molecule has 0 aliphatic heterocycles. The zero-order valence-corrected chi connectivity index (χ0v) is 11.7. The average Bonchev–Trinajstić information content (AvgIpc) is 2.37. The Hall–Kier alpha value is -1.98. The Morgan fingerprint density at radius 1 is 1.55 bits per heavy atom. The van der Waals surface area contributed by atoms with Gasteiger partial charge in [0.05, 0.1) is 5.92 Å². The first kappa shape index (κ1) is 16.1. The van der Waals surface area contributed by atoms with E-state index in [1.54, 1.807) is 0 Å². The van der Waals surface area contributed by atoms with E-state index < -0.39 is 38.2 Å². The number of halogens is 1. The highest BCUT2D eigenvalue weighted by Gasteiger charge is 2.28. The fraction of sp³-hybridized carbons (Fsp3) is 0.333. The highest BCUT2D eigenvalue weighted by molar-refractivity contribution is 7.89. The summed E-state index contributed by atoms with van der Waals surface area (Å²) in [6.45, 7) is 1.07. The van der Waals surface area contributed by atoms with E-state index in [1.807, 2.05) is 0 Å². The molecule has 1 aromatic carbocycles. The quantitative estimate of drug-likeness (QED) is 0.876. The highest BCUT2D eigenvalue weighted by atomic mass is 32.2. The van der Waals surface area contributed by atoms with E-state index in [4.69, 9.17) is 10.4 Å². The van der Waals surface area contributed by atoms with Gasteiger partial charge in [-0.1, -0.05) is 13.0 Å². The summed E-state index contributed by atoms with van der Waals surface area (Å²) < 4.78 is 38.7. The Balaban J connectivity index is 3.22. The van der Waals surface area contributed by atoms with E-state index in [1.165, 1.54) is 26.1 Å². The van der Waals surface area contributed by atoms with Crippen LogP contribution in [0.1, 0.15) is 12.5 Å². The number of nitrogens with zero attached hydrogens (tertiary/aromatic N) is 2. The predicted molar refractivity (Wildman–Crippen MR) is 67.7 cm³/mol. The van der Waals surface area contributed by atoms with Gasteiger partial charge in [-0.15, -0.1) is 0 Å². The summed E-state index contributed by atoms with van der Waals surface area (Å²) in [5.74, 6) is -3.01. The molecule has 0 fully saturated rings. The summed E-state index contributed by atoms with van der Waals surface area (Å²) in [6, 6.07) is 4.78. The van der Waals surface area contributed by atoms with Crippen molar-refractivity contribution in [3.63, 3.8) is 0 Å². The van der Waals surface area contributed by atoms with Gasteiger partial charge in [0, 0.05) is 13.6 Å². The van der Waals surface area contributed by atoms with Crippen LogP contribution < -0.4 is 0 Å². The Kier molecular flexibility index (Phi) is 4.81. The second kappa shape index (κ2) is 5.98. The normalized spacial score (nSPS) is 12.9. The number of rotatable bonds is 5. The molecule has 20 heavy (non-hydrogen) atoms. The molecule has 0 amide bonds. The van der Waals surface area contributed by atoms with Crippen molar-refractivity contribution in [2.75, 3.05) is 13.6 Å². The maximum atomic E-state index is 13.4. The third-order valence-corrected chi connectivity index (χ3v) is 4.59. The molecule has 0 aliphatic carbocycles. The van der Waals surface area contributed by atoms with Gasteiger partial charge in [-0.3, -0.25) is 4.79 Å². The summed E-state index contributed by atoms with van der Waals surface area (Å²) in [5.41, 5.74) is -0.581. The molecular formula is C12H13FN2O4S. The van der Waals surface area contributed by atoms with Crippen molar-refractivity contribution in [3.8, 4) is 6.07 Å². The third-order valence-electron chi connectivity index (χ3n) is 2.73. The topological polar surface area (TPSA) is 98.5 Å². The molecule has 0 aromatic heterocycles. The van der Waals surface area contributed by atoms with Crippen molar-refractivity contribution in [1.82, 2.24) is 4.31 Å². The molecule has 1 unspecified atom stereocenters. The Morgan fingerprint density at radius 2 is 2.15 bits per heavy atom. The summed E-state index contributed by atoms with van der Waals surface area (Å²) in [6.07, 6.45) is 0. The predicted octanol–water partition coefficient (Wildman–Crippen LogP) is 1.04. The summed E-state index contributed by atoms with van der Waals surface area (Å²) in [4.78, 5) is 10.3. The van der Waals surface area contributed by atoms with Crippen LogP contribution >= 0.6 is 0 Å². The number of benzene rings is 1. The van der Waals surface area contributed by atoms with Crippen LogP contribution in [0.25, 0.3) is 0 Å². The number of aliphatic carboxylic acids is 1. The van der Waals surface area contributed by atoms with E-state index in [9.17, 15) is 17.6 Å². The lowest BCUT2D eigenvalue weighted by molar-refractivity contribution is -0.141. The maximum Gasteiger partial charge on any atom is 0.307 e. The number of nitriles is 1. The molecule has 6 nitrogen and oxygen atoms in total. The van der Waals surface area contributed by atoms with Gasteiger partial charge >= 0.3 is 5.97 Å². The molecule has 0 aliphatic rings. The Labute approximate surface area is 116 Å². The smallest absolute Gasteiger partial charge is 0.307 e. The monoisotopic (exact) mass is 300 g/mol. The molecule has 1 aromatic rings. The van der Waals surface area contributed by atoms with Gasteiger partial charge in [-0.05, 0) is 12.1 Å². The van der Waals surface area contributed by atoms with E-state index in [0.717, 1.165) is 16.4 Å². The van der Waals surface area contributed by atoms with Crippen LogP contribution in [0.4, 0.5) is 4.39 Å². The highest BCUT2D eigenvalue weighted by Crippen LogP contribution is 2.21. The number of hydrogen-bond donors (Lipinski definition) is 1. The van der Waals surface area contributed by atoms with Crippen molar-refractivity contribution in [2.24, 2.45) is 5.92 Å². The molecule has 108 valence electrons. The average molecular weight is 300 g/mol. The minimum atomic E-state index is -4.13. The largest absolute Gasteiger partial charge is 0.481 e. The minimum Gasteiger partial charge on any atom is -0.481 e. The molecule has 1 N–H and O–H groups in total. The lowest BCUT2D eigenvalue weighted by Gasteiger charge is -2.19. The first-order chi connectivity index (χ1) is 9.21. The van der Waals surface area contributed by atoms with Crippen LogP contribution in [0, 0.1) is 23.1 Å². The number of carboxylic acid groups (broad SMARTS) is 1. The van der Waals surface area contributed by atoms with Gasteiger partial charge in [0.2, 0.25) is 10.0 Å². The van der Waals surface area contributed by atoms with Gasteiger partial charge in [0.15, 0.2) is 0 Å². The molecule has 0 heterocycles. The van der Waals surface area contributed by atoms with Crippen molar-refractivity contribution in [1.29, 1.82) is 5.26 Å². The van der Waals surface area contributed by atoms with Gasteiger partial charge in [-0.25, -0.2) is 17.1 Å². The van der Waals surface area contributed by atoms with Crippen LogP contribution in [0.2, 0.25) is 0 Å². The Bertz CT molecular complexity index is 667. The van der Waals surface area contributed by atoms with E-state index >= 15 is 0 Å². The van der Waals surface area contributed by atoms with Crippen LogP contribution in [-0.2, 0) is 14.8 Å². The standard InChI is InChI=1S/C12H13FN2O4S/c1-8(12(16)17)7-15(2)20(18,19)11-5-3-4-10(13)9(11)6-14/h3-5,8H,7H2,1-2H3,(H,16,17). The fourth-order valence-corrected chi connectivity index (χ4v) is 2.96. The molecule has 0 saturated carbocycles. The van der Waals surface area contributed by atoms with E-state index in [0.29, 0.717) is 0 Å². The SMILES string of the molecule is CC(CN(C)S(=O)(=O)c1cccc(F)c1C#N)C(=O)O. The maximum absolute atomic E-state index is 13.4. The summed E-state index contributed by atoms with van der Waals surface area (Å²) >= 11 is 0. The molecular weight excluding hydrogens is 287 g/mol. The van der Waals surface area contributed by atoms with Crippen LogP contribution in [0.5, 0.6) is 0 Å². The van der Waals surface area contributed by atoms with Gasteiger partial charge in [-0.2, -0.15) is 5.26 Å². The molecule has 0 saturated heterocycles. The molecule has 8 heteroatoms. The second-order valence-corrected chi connectivity index (χ2v) is 6.26. The number of carbonyl (C=O) groups is 1. The van der Waals surface area contributed by atoms with Crippen LogP contribution in [0.15, 0.2) is 23.1 Å². The molecule has 0 bridgehead atoms. The lowest BCUT2D eigenvalue weighted by atomic mass is 10.2. The number of hydrogen-bond acceptors (Lipinski definition) is 4. The second-order valence-electron chi connectivity index (χ2n) is 4.25. The first-order valence-corrected chi connectivity index (χ1v) is 7.03. The van der Waals surface area contributed by atoms with Crippen LogP contribution in [-0.4, -0.2) is 37.4 Å². The minimum absolute atomic E-state index is 0.279. The lowest BCUT2D eigenvalue weighted by Crippen LogP contribution is -2.34. The van der Waals surface area contributed by atoms with Crippen molar-refractivity contribution >= 4 is 16.0 Å². The zero-order chi connectivity index (χ0) is 15.5. The van der Waals surface area contributed by atoms with E-state index in [-0.39, 0.29) is 6.54 Å². The van der Waals surface area contributed by atoms with Gasteiger partial charge in [0.1, 0.15) is 22.3 Å². The number of carboxylic acids is 1. The van der Waals surface area contributed by atoms with Crippen LogP contribution in [0.3, 0.4) is 0 Å². The van der Waals surface area contributed by atoms with Gasteiger partial charge < -0.3 is 5.11 Å². The molecule has 0 radical (unpaired) electrons.